The van der Waals surface area contributed by atoms with Gasteiger partial charge in [-0.1, -0.05) is 56.2 Å². The highest BCUT2D eigenvalue weighted by molar-refractivity contribution is 5.81. The summed E-state index contributed by atoms with van der Waals surface area (Å²) in [7, 11) is 0. The molecule has 2 rings (SSSR count). The van der Waals surface area contributed by atoms with Crippen LogP contribution in [0.25, 0.3) is 0 Å². The molecule has 0 aliphatic carbocycles. The highest BCUT2D eigenvalue weighted by Gasteiger charge is 2.62. The van der Waals surface area contributed by atoms with Crippen molar-refractivity contribution in [3.05, 3.63) is 48.6 Å². The minimum absolute atomic E-state index is 0.110. The number of rotatable bonds is 11. The predicted molar refractivity (Wildman–Crippen MR) is 89.2 cm³/mol. The predicted octanol–water partition coefficient (Wildman–Crippen LogP) is 3.95. The van der Waals surface area contributed by atoms with E-state index in [2.05, 4.69) is 13.5 Å². The van der Waals surface area contributed by atoms with E-state index in [9.17, 15) is 9.90 Å². The van der Waals surface area contributed by atoms with Crippen molar-refractivity contribution in [2.45, 2.75) is 63.4 Å². The highest BCUT2D eigenvalue weighted by atomic mass is 16.6. The van der Waals surface area contributed by atoms with E-state index >= 15 is 0 Å². The van der Waals surface area contributed by atoms with Crippen LogP contribution in [0.3, 0.4) is 0 Å². The van der Waals surface area contributed by atoms with E-state index in [1.807, 2.05) is 30.3 Å². The molecule has 1 fully saturated rings. The molecule has 1 N–H and O–H groups in total. The first-order valence-electron chi connectivity index (χ1n) is 8.30. The third-order valence-electron chi connectivity index (χ3n) is 4.30. The maximum atomic E-state index is 11.6. The maximum absolute atomic E-state index is 11.6. The van der Waals surface area contributed by atoms with E-state index in [4.69, 9.17) is 9.47 Å². The Bertz CT molecular complexity index is 513. The summed E-state index contributed by atoms with van der Waals surface area (Å²) in [5, 5.41) is 9.55. The number of aliphatic carboxylic acids is 1. The molecule has 0 bridgehead atoms. The Kier molecular flexibility index (Phi) is 6.37. The lowest BCUT2D eigenvalue weighted by Gasteiger charge is -2.20. The molecular weight excluding hydrogens is 292 g/mol. The number of carboxylic acid groups (broad SMARTS) is 1. The van der Waals surface area contributed by atoms with Crippen molar-refractivity contribution in [3.63, 3.8) is 0 Å². The van der Waals surface area contributed by atoms with Gasteiger partial charge in [0.1, 0.15) is 6.10 Å². The number of ether oxygens (including phenoxy) is 2. The number of hydrogen-bond donors (Lipinski definition) is 1. The number of hydrogen-bond acceptors (Lipinski definition) is 3. The van der Waals surface area contributed by atoms with Crippen LogP contribution in [0.5, 0.6) is 0 Å². The van der Waals surface area contributed by atoms with E-state index in [0.717, 1.165) is 24.8 Å². The van der Waals surface area contributed by atoms with Crippen molar-refractivity contribution >= 4 is 5.97 Å². The Morgan fingerprint density at radius 1 is 1.48 bits per heavy atom. The zero-order valence-corrected chi connectivity index (χ0v) is 13.7. The molecule has 4 heteroatoms. The molecule has 0 saturated carbocycles. The van der Waals surface area contributed by atoms with Crippen LogP contribution in [0.2, 0.25) is 0 Å². The monoisotopic (exact) mass is 318 g/mol. The lowest BCUT2D eigenvalue weighted by molar-refractivity contribution is -0.145. The lowest BCUT2D eigenvalue weighted by atomic mass is 9.93. The quantitative estimate of drug-likeness (QED) is 0.496. The van der Waals surface area contributed by atoms with Crippen LogP contribution in [0.4, 0.5) is 0 Å². The van der Waals surface area contributed by atoms with E-state index in [-0.39, 0.29) is 12.2 Å². The van der Waals surface area contributed by atoms with Gasteiger partial charge in [-0.05, 0) is 18.4 Å². The first kappa shape index (κ1) is 17.7. The second-order valence-corrected chi connectivity index (χ2v) is 6.09. The van der Waals surface area contributed by atoms with Gasteiger partial charge in [-0.15, -0.1) is 6.58 Å². The Balaban J connectivity index is 1.97. The van der Waals surface area contributed by atoms with Gasteiger partial charge in [-0.3, -0.25) is 0 Å². The molecule has 1 aromatic rings. The van der Waals surface area contributed by atoms with E-state index in [0.29, 0.717) is 19.4 Å². The topological polar surface area (TPSA) is 59.1 Å². The molecule has 1 aromatic carbocycles. The van der Waals surface area contributed by atoms with E-state index in [1.165, 1.54) is 0 Å². The van der Waals surface area contributed by atoms with Gasteiger partial charge in [-0.2, -0.15) is 0 Å². The van der Waals surface area contributed by atoms with Gasteiger partial charge in [0.15, 0.2) is 5.60 Å². The van der Waals surface area contributed by atoms with Crippen molar-refractivity contribution in [2.24, 2.45) is 0 Å². The van der Waals surface area contributed by atoms with Crippen LogP contribution in [0.15, 0.2) is 43.0 Å². The number of carbonyl (C=O) groups is 1. The Morgan fingerprint density at radius 2 is 2.22 bits per heavy atom. The molecule has 0 spiro atoms. The average Bonchev–Trinajstić information content (AvgIpc) is 3.25. The molecule has 23 heavy (non-hydrogen) atoms. The maximum Gasteiger partial charge on any atom is 0.338 e. The fourth-order valence-electron chi connectivity index (χ4n) is 2.87. The van der Waals surface area contributed by atoms with Crippen LogP contribution in [0, 0.1) is 0 Å². The average molecular weight is 318 g/mol. The summed E-state index contributed by atoms with van der Waals surface area (Å²) in [5.41, 5.74) is 0.00116. The summed E-state index contributed by atoms with van der Waals surface area (Å²) < 4.78 is 11.5. The first-order chi connectivity index (χ1) is 11.1. The molecule has 1 aliphatic heterocycles. The lowest BCUT2D eigenvalue weighted by Crippen LogP contribution is -2.33. The molecule has 1 aliphatic rings. The summed E-state index contributed by atoms with van der Waals surface area (Å²) in [6.45, 7) is 6.28. The molecule has 0 amide bonds. The van der Waals surface area contributed by atoms with Gasteiger partial charge in [0, 0.05) is 6.42 Å². The Morgan fingerprint density at radius 3 is 2.83 bits per heavy atom. The van der Waals surface area contributed by atoms with Crippen molar-refractivity contribution in [3.8, 4) is 0 Å². The van der Waals surface area contributed by atoms with Gasteiger partial charge in [0.05, 0.1) is 12.7 Å². The van der Waals surface area contributed by atoms with Crippen LogP contribution < -0.4 is 0 Å². The number of unbranched alkanes of at least 4 members (excludes halogenated alkanes) is 1. The van der Waals surface area contributed by atoms with Gasteiger partial charge in [0.2, 0.25) is 0 Å². The molecular formula is C19H26O4. The van der Waals surface area contributed by atoms with Crippen LogP contribution in [0.1, 0.15) is 44.6 Å². The number of carboxylic acids is 1. The molecule has 0 aromatic heterocycles. The van der Waals surface area contributed by atoms with Crippen molar-refractivity contribution < 1.29 is 19.4 Å². The summed E-state index contributed by atoms with van der Waals surface area (Å²) in [6.07, 6.45) is 5.20. The second kappa shape index (κ2) is 8.27. The van der Waals surface area contributed by atoms with E-state index in [1.54, 1.807) is 6.08 Å². The minimum atomic E-state index is -1.09. The van der Waals surface area contributed by atoms with Gasteiger partial charge in [0.25, 0.3) is 0 Å². The zero-order valence-electron chi connectivity index (χ0n) is 13.7. The van der Waals surface area contributed by atoms with Crippen LogP contribution >= 0.6 is 0 Å². The van der Waals surface area contributed by atoms with Crippen molar-refractivity contribution in [1.29, 1.82) is 0 Å². The third kappa shape index (κ3) is 4.66. The Labute approximate surface area is 138 Å². The molecule has 3 atom stereocenters. The normalized spacial score (nSPS) is 24.1. The van der Waals surface area contributed by atoms with Gasteiger partial charge >= 0.3 is 5.97 Å². The Hall–Kier alpha value is -1.65. The summed E-state index contributed by atoms with van der Waals surface area (Å²) >= 11 is 0. The summed E-state index contributed by atoms with van der Waals surface area (Å²) in [4.78, 5) is 11.6. The molecule has 1 heterocycles. The molecule has 3 unspecified atom stereocenters. The van der Waals surface area contributed by atoms with Crippen LogP contribution in [-0.4, -0.2) is 28.9 Å². The smallest absolute Gasteiger partial charge is 0.338 e. The molecule has 4 nitrogen and oxygen atoms in total. The molecule has 126 valence electrons. The van der Waals surface area contributed by atoms with Gasteiger partial charge < -0.3 is 14.6 Å². The minimum Gasteiger partial charge on any atom is -0.479 e. The number of epoxide rings is 1. The van der Waals surface area contributed by atoms with Crippen molar-refractivity contribution in [2.75, 3.05) is 0 Å². The fraction of sp³-hybridized carbons (Fsp3) is 0.526. The SMILES string of the molecule is C=CCC1OC1(CC(CCCC)OCc1ccccc1)C(=O)O. The standard InChI is InChI=1S/C19H26O4/c1-3-5-12-16(22-14-15-10-7-6-8-11-15)13-19(18(20)21)17(23-19)9-4-2/h4,6-8,10-11,16-17H,2-3,5,9,12-14H2,1H3,(H,20,21). The third-order valence-corrected chi connectivity index (χ3v) is 4.30. The summed E-state index contributed by atoms with van der Waals surface area (Å²) in [6, 6.07) is 9.94. The molecule has 0 radical (unpaired) electrons. The second-order valence-electron chi connectivity index (χ2n) is 6.09. The highest BCUT2D eigenvalue weighted by Crippen LogP contribution is 2.44. The largest absolute Gasteiger partial charge is 0.479 e. The summed E-state index contributed by atoms with van der Waals surface area (Å²) in [5.74, 6) is -0.894. The van der Waals surface area contributed by atoms with Gasteiger partial charge in [-0.25, -0.2) is 4.79 Å². The fourth-order valence-corrected chi connectivity index (χ4v) is 2.87. The first-order valence-corrected chi connectivity index (χ1v) is 8.30. The zero-order chi connectivity index (χ0) is 16.7. The van der Waals surface area contributed by atoms with E-state index < -0.39 is 11.6 Å². The van der Waals surface area contributed by atoms with Crippen LogP contribution in [-0.2, 0) is 20.9 Å². The number of benzene rings is 1. The molecule has 1 saturated heterocycles. The van der Waals surface area contributed by atoms with Crippen molar-refractivity contribution in [1.82, 2.24) is 0 Å².